The van der Waals surface area contributed by atoms with Gasteiger partial charge in [0.05, 0.1) is 18.0 Å². The third-order valence-electron chi connectivity index (χ3n) is 2.38. The van der Waals surface area contributed by atoms with Crippen molar-refractivity contribution in [2.24, 2.45) is 0 Å². The van der Waals surface area contributed by atoms with Gasteiger partial charge in [0.1, 0.15) is 6.07 Å². The van der Waals surface area contributed by atoms with Crippen LogP contribution in [0.2, 0.25) is 0 Å². The second-order valence-electron chi connectivity index (χ2n) is 3.84. The van der Waals surface area contributed by atoms with E-state index in [1.54, 1.807) is 0 Å². The standard InChI is InChI=1S/C12H9F3N2O5/c1-2-21-10(18)5-7-3-4-9(22-12(13,14)15)8(6-16)11(7)17(19)20/h3-4H,2,5H2,1H3. The highest BCUT2D eigenvalue weighted by Gasteiger charge is 2.35. The normalized spacial score (nSPS) is 10.7. The van der Waals surface area contributed by atoms with Crippen molar-refractivity contribution in [2.45, 2.75) is 19.7 Å². The minimum absolute atomic E-state index is 0.0347. The molecule has 0 spiro atoms. The lowest BCUT2D eigenvalue weighted by Crippen LogP contribution is -2.18. The molecule has 118 valence electrons. The van der Waals surface area contributed by atoms with E-state index in [9.17, 15) is 28.1 Å². The molecule has 0 N–H and O–H groups in total. The van der Waals surface area contributed by atoms with Crippen LogP contribution >= 0.6 is 0 Å². The van der Waals surface area contributed by atoms with Gasteiger partial charge >= 0.3 is 12.3 Å². The van der Waals surface area contributed by atoms with Crippen molar-refractivity contribution in [1.82, 2.24) is 0 Å². The molecule has 0 aliphatic rings. The molecule has 0 amide bonds. The summed E-state index contributed by atoms with van der Waals surface area (Å²) in [5.74, 6) is -1.81. The maximum Gasteiger partial charge on any atom is 0.573 e. The van der Waals surface area contributed by atoms with E-state index in [1.165, 1.54) is 13.0 Å². The van der Waals surface area contributed by atoms with Crippen LogP contribution in [0.25, 0.3) is 0 Å². The summed E-state index contributed by atoms with van der Waals surface area (Å²) in [5, 5.41) is 19.9. The molecule has 0 radical (unpaired) electrons. The number of ether oxygens (including phenoxy) is 2. The Morgan fingerprint density at radius 1 is 1.45 bits per heavy atom. The van der Waals surface area contributed by atoms with Crippen LogP contribution in [-0.2, 0) is 16.0 Å². The van der Waals surface area contributed by atoms with Crippen LogP contribution < -0.4 is 4.74 Å². The molecule has 1 rings (SSSR count). The molecule has 0 heterocycles. The summed E-state index contributed by atoms with van der Waals surface area (Å²) < 4.78 is 44.9. The van der Waals surface area contributed by atoms with E-state index < -0.39 is 40.7 Å². The molecule has 0 atom stereocenters. The van der Waals surface area contributed by atoms with E-state index in [1.807, 2.05) is 0 Å². The number of hydrogen-bond acceptors (Lipinski definition) is 6. The van der Waals surface area contributed by atoms with Crippen LogP contribution in [0.15, 0.2) is 12.1 Å². The zero-order chi connectivity index (χ0) is 16.9. The summed E-state index contributed by atoms with van der Waals surface area (Å²) >= 11 is 0. The molecular weight excluding hydrogens is 309 g/mol. The Morgan fingerprint density at radius 2 is 2.09 bits per heavy atom. The number of nitro benzene ring substituents is 1. The Labute approximate surface area is 122 Å². The summed E-state index contributed by atoms with van der Waals surface area (Å²) in [6.07, 6.45) is -5.66. The fraction of sp³-hybridized carbons (Fsp3) is 0.333. The van der Waals surface area contributed by atoms with Crippen molar-refractivity contribution in [3.05, 3.63) is 33.4 Å². The average molecular weight is 318 g/mol. The average Bonchev–Trinajstić information content (AvgIpc) is 2.38. The number of nitrogens with zero attached hydrogens (tertiary/aromatic N) is 2. The second kappa shape index (κ2) is 6.75. The molecule has 0 saturated carbocycles. The predicted molar refractivity (Wildman–Crippen MR) is 64.8 cm³/mol. The summed E-state index contributed by atoms with van der Waals surface area (Å²) in [7, 11) is 0. The highest BCUT2D eigenvalue weighted by atomic mass is 19.4. The Bertz CT molecular complexity index is 637. The largest absolute Gasteiger partial charge is 0.573 e. The van der Waals surface area contributed by atoms with Crippen molar-refractivity contribution in [2.75, 3.05) is 6.61 Å². The first-order valence-electron chi connectivity index (χ1n) is 5.81. The topological polar surface area (TPSA) is 102 Å². The van der Waals surface area contributed by atoms with Crippen LogP contribution in [0.1, 0.15) is 18.1 Å². The van der Waals surface area contributed by atoms with Gasteiger partial charge in [-0.2, -0.15) is 5.26 Å². The molecule has 7 nitrogen and oxygen atoms in total. The van der Waals surface area contributed by atoms with Crippen LogP contribution in [0.4, 0.5) is 18.9 Å². The molecule has 10 heteroatoms. The molecule has 0 aliphatic heterocycles. The van der Waals surface area contributed by atoms with Crippen LogP contribution in [0, 0.1) is 21.4 Å². The number of alkyl halides is 3. The lowest BCUT2D eigenvalue weighted by molar-refractivity contribution is -0.386. The van der Waals surface area contributed by atoms with E-state index in [2.05, 4.69) is 9.47 Å². The predicted octanol–water partition coefficient (Wildman–Crippen LogP) is 2.47. The Hall–Kier alpha value is -2.83. The first-order chi connectivity index (χ1) is 10.2. The van der Waals surface area contributed by atoms with Gasteiger partial charge in [0.15, 0.2) is 11.3 Å². The molecule has 0 bridgehead atoms. The monoisotopic (exact) mass is 318 g/mol. The van der Waals surface area contributed by atoms with Gasteiger partial charge in [0.25, 0.3) is 5.69 Å². The maximum atomic E-state index is 12.2. The van der Waals surface area contributed by atoms with E-state index in [4.69, 9.17) is 5.26 Å². The van der Waals surface area contributed by atoms with Crippen LogP contribution in [-0.4, -0.2) is 23.9 Å². The molecule has 0 saturated heterocycles. The minimum Gasteiger partial charge on any atom is -0.466 e. The van der Waals surface area contributed by atoms with Gasteiger partial charge < -0.3 is 9.47 Å². The summed E-state index contributed by atoms with van der Waals surface area (Å²) in [6, 6.07) is 2.95. The van der Waals surface area contributed by atoms with Gasteiger partial charge in [0.2, 0.25) is 0 Å². The van der Waals surface area contributed by atoms with E-state index in [-0.39, 0.29) is 12.2 Å². The highest BCUT2D eigenvalue weighted by Crippen LogP contribution is 2.34. The van der Waals surface area contributed by atoms with Gasteiger partial charge in [-0.05, 0) is 19.1 Å². The quantitative estimate of drug-likeness (QED) is 0.469. The van der Waals surface area contributed by atoms with Gasteiger partial charge in [-0.3, -0.25) is 14.9 Å². The van der Waals surface area contributed by atoms with E-state index in [0.717, 1.165) is 12.1 Å². The molecule has 1 aromatic carbocycles. The highest BCUT2D eigenvalue weighted by molar-refractivity contribution is 5.76. The molecule has 0 aliphatic carbocycles. The smallest absolute Gasteiger partial charge is 0.466 e. The summed E-state index contributed by atoms with van der Waals surface area (Å²) in [5.41, 5.74) is -2.07. The van der Waals surface area contributed by atoms with E-state index in [0.29, 0.717) is 0 Å². The molecular formula is C12H9F3N2O5. The fourth-order valence-electron chi connectivity index (χ4n) is 1.65. The zero-order valence-electron chi connectivity index (χ0n) is 11.1. The Kier molecular flexibility index (Phi) is 5.28. The number of carbonyl (C=O) groups is 1. The number of nitro groups is 1. The summed E-state index contributed by atoms with van der Waals surface area (Å²) in [6.45, 7) is 1.56. The zero-order valence-corrected chi connectivity index (χ0v) is 11.1. The number of carbonyl (C=O) groups excluding carboxylic acids is 1. The van der Waals surface area contributed by atoms with Crippen LogP contribution in [0.5, 0.6) is 5.75 Å². The molecule has 0 fully saturated rings. The van der Waals surface area contributed by atoms with Crippen molar-refractivity contribution in [1.29, 1.82) is 5.26 Å². The minimum atomic E-state index is -5.11. The number of rotatable bonds is 5. The molecule has 0 aromatic heterocycles. The van der Waals surface area contributed by atoms with Gasteiger partial charge in [0, 0.05) is 5.56 Å². The lowest BCUT2D eigenvalue weighted by Gasteiger charge is -2.12. The van der Waals surface area contributed by atoms with Gasteiger partial charge in [-0.15, -0.1) is 13.2 Å². The van der Waals surface area contributed by atoms with Gasteiger partial charge in [-0.25, -0.2) is 0 Å². The molecule has 0 unspecified atom stereocenters. The number of esters is 1. The van der Waals surface area contributed by atoms with Crippen LogP contribution in [0.3, 0.4) is 0 Å². The number of hydrogen-bond donors (Lipinski definition) is 0. The lowest BCUT2D eigenvalue weighted by atomic mass is 10.0. The second-order valence-corrected chi connectivity index (χ2v) is 3.84. The number of halogens is 3. The Balaban J connectivity index is 3.35. The van der Waals surface area contributed by atoms with E-state index >= 15 is 0 Å². The van der Waals surface area contributed by atoms with Crippen molar-refractivity contribution < 1.29 is 32.4 Å². The first kappa shape index (κ1) is 17.2. The first-order valence-corrected chi connectivity index (χ1v) is 5.81. The van der Waals surface area contributed by atoms with Crippen molar-refractivity contribution >= 4 is 11.7 Å². The number of benzene rings is 1. The van der Waals surface area contributed by atoms with Gasteiger partial charge in [-0.1, -0.05) is 0 Å². The SMILES string of the molecule is CCOC(=O)Cc1ccc(OC(F)(F)F)c(C#N)c1[N+](=O)[O-]. The third kappa shape index (κ3) is 4.34. The fourth-order valence-corrected chi connectivity index (χ4v) is 1.65. The Morgan fingerprint density at radius 3 is 2.55 bits per heavy atom. The van der Waals surface area contributed by atoms with Crippen molar-refractivity contribution in [3.8, 4) is 11.8 Å². The maximum absolute atomic E-state index is 12.2. The summed E-state index contributed by atoms with van der Waals surface area (Å²) in [4.78, 5) is 21.3. The third-order valence-corrected chi connectivity index (χ3v) is 2.38. The molecule has 22 heavy (non-hydrogen) atoms. The van der Waals surface area contributed by atoms with Crippen molar-refractivity contribution in [3.63, 3.8) is 0 Å². The molecule has 1 aromatic rings. The number of nitriles is 1.